The van der Waals surface area contributed by atoms with E-state index in [4.69, 9.17) is 1.37 Å². The molecule has 0 heterocycles. The van der Waals surface area contributed by atoms with E-state index in [1.165, 1.54) is 11.8 Å². The molecule has 1 aromatic carbocycles. The van der Waals surface area contributed by atoms with Gasteiger partial charge in [-0.15, -0.1) is 0 Å². The molecule has 0 saturated heterocycles. The van der Waals surface area contributed by atoms with E-state index in [-0.39, 0.29) is 6.23 Å². The van der Waals surface area contributed by atoms with Gasteiger partial charge in [-0.1, -0.05) is 29.8 Å². The Morgan fingerprint density at radius 2 is 2.58 bits per heavy atom. The number of hydrogen-bond donors (Lipinski definition) is 0. The van der Waals surface area contributed by atoms with Crippen LogP contribution in [0.4, 0.5) is 0 Å². The fourth-order valence-corrected chi connectivity index (χ4v) is 0.975. The van der Waals surface area contributed by atoms with Crippen LogP contribution in [0.5, 0.6) is 0 Å². The van der Waals surface area contributed by atoms with Crippen LogP contribution in [0.3, 0.4) is 0 Å². The maximum absolute atomic E-state index is 10.4. The summed E-state index contributed by atoms with van der Waals surface area (Å²) in [5, 5.41) is 2.77. The van der Waals surface area contributed by atoms with E-state index < -0.39 is 0 Å². The third-order valence-electron chi connectivity index (χ3n) is 1.29. The van der Waals surface area contributed by atoms with Gasteiger partial charge in [-0.05, 0) is 23.6 Å². The van der Waals surface area contributed by atoms with Crippen LogP contribution in [-0.2, 0) is 0 Å². The van der Waals surface area contributed by atoms with Crippen molar-refractivity contribution >= 4 is 18.0 Å². The SMILES string of the molecule is [3H]CSC#Cc1cccc(C=O)c1. The summed E-state index contributed by atoms with van der Waals surface area (Å²) in [4.78, 5) is 10.4. The highest BCUT2D eigenvalue weighted by Gasteiger charge is 1.89. The van der Waals surface area contributed by atoms with Crippen molar-refractivity contribution < 1.29 is 6.17 Å². The smallest absolute Gasteiger partial charge is 0.150 e. The highest BCUT2D eigenvalue weighted by atomic mass is 32.2. The van der Waals surface area contributed by atoms with E-state index in [1.807, 2.05) is 6.07 Å². The first-order chi connectivity index (χ1) is 6.36. The molecular weight excluding hydrogens is 168 g/mol. The molecule has 60 valence electrons. The zero-order valence-electron chi connectivity index (χ0n) is 7.41. The lowest BCUT2D eigenvalue weighted by molar-refractivity contribution is 0.112. The molecule has 0 aliphatic rings. The third kappa shape index (κ3) is 2.44. The third-order valence-corrected chi connectivity index (χ3v) is 1.54. The van der Waals surface area contributed by atoms with Crippen molar-refractivity contribution in [1.29, 1.82) is 0 Å². The van der Waals surface area contributed by atoms with Crippen molar-refractivity contribution in [2.24, 2.45) is 0 Å². The van der Waals surface area contributed by atoms with Crippen LogP contribution in [-0.4, -0.2) is 12.5 Å². The fraction of sp³-hybridized carbons (Fsp3) is 0.100. The standard InChI is InChI=1S/C10H8OS/c1-12-6-5-9-3-2-4-10(7-9)8-11/h2-4,7-8H,1H3/i1T. The predicted octanol–water partition coefficient (Wildman–Crippen LogP) is 2.17. The van der Waals surface area contributed by atoms with Crippen molar-refractivity contribution in [2.75, 3.05) is 6.23 Å². The van der Waals surface area contributed by atoms with Crippen LogP contribution in [0.25, 0.3) is 0 Å². The molecule has 1 rings (SSSR count). The molecule has 0 aromatic heterocycles. The topological polar surface area (TPSA) is 17.1 Å². The maximum Gasteiger partial charge on any atom is 0.150 e. The van der Waals surface area contributed by atoms with Gasteiger partial charge in [0.25, 0.3) is 0 Å². The summed E-state index contributed by atoms with van der Waals surface area (Å²) < 4.78 is 6.85. The van der Waals surface area contributed by atoms with Crippen LogP contribution < -0.4 is 0 Å². The summed E-state index contributed by atoms with van der Waals surface area (Å²) in [7, 11) is 0. The molecule has 0 spiro atoms. The van der Waals surface area contributed by atoms with Gasteiger partial charge in [0.05, 0.1) is 0 Å². The largest absolute Gasteiger partial charge is 0.298 e. The van der Waals surface area contributed by atoms with Gasteiger partial charge in [-0.2, -0.15) is 0 Å². The number of carbonyl (C=O) groups is 1. The number of carbonyl (C=O) groups excluding carboxylic acids is 1. The summed E-state index contributed by atoms with van der Waals surface area (Å²) in [5.74, 6) is 2.85. The molecule has 0 fully saturated rings. The Kier molecular flexibility index (Phi) is 2.88. The van der Waals surface area contributed by atoms with E-state index in [9.17, 15) is 4.79 Å². The Bertz CT molecular complexity index is 351. The Morgan fingerprint density at radius 1 is 1.67 bits per heavy atom. The Labute approximate surface area is 77.6 Å². The van der Waals surface area contributed by atoms with Gasteiger partial charge in [-0.25, -0.2) is 0 Å². The number of aldehydes is 1. The summed E-state index contributed by atoms with van der Waals surface area (Å²) in [6, 6.07) is 7.09. The molecule has 12 heavy (non-hydrogen) atoms. The van der Waals surface area contributed by atoms with E-state index in [0.29, 0.717) is 5.56 Å². The van der Waals surface area contributed by atoms with Gasteiger partial charge in [0.1, 0.15) is 6.29 Å². The molecule has 0 saturated carbocycles. The zero-order chi connectivity index (χ0) is 9.52. The molecule has 0 N–H and O–H groups in total. The molecule has 0 unspecified atom stereocenters. The average molecular weight is 178 g/mol. The first kappa shape index (κ1) is 7.45. The molecular formula is C10H8OS. The predicted molar refractivity (Wildman–Crippen MR) is 52.2 cm³/mol. The first-order valence-electron chi connectivity index (χ1n) is 4.05. The van der Waals surface area contributed by atoms with Crippen molar-refractivity contribution in [1.82, 2.24) is 0 Å². The Balaban J connectivity index is 2.79. The Hall–Kier alpha value is -1.20. The molecule has 0 atom stereocenters. The van der Waals surface area contributed by atoms with Crippen molar-refractivity contribution in [3.05, 3.63) is 35.4 Å². The monoisotopic (exact) mass is 178 g/mol. The van der Waals surface area contributed by atoms with Gasteiger partial charge in [-0.3, -0.25) is 4.79 Å². The molecule has 0 aliphatic heterocycles. The molecule has 0 radical (unpaired) electrons. The quantitative estimate of drug-likeness (QED) is 0.484. The summed E-state index contributed by atoms with van der Waals surface area (Å²) in [6.07, 6.45) is 1.03. The molecule has 0 amide bonds. The van der Waals surface area contributed by atoms with Crippen LogP contribution >= 0.6 is 11.8 Å². The van der Waals surface area contributed by atoms with Gasteiger partial charge in [0.2, 0.25) is 0 Å². The van der Waals surface area contributed by atoms with Gasteiger partial charge < -0.3 is 0 Å². The van der Waals surface area contributed by atoms with Gasteiger partial charge >= 0.3 is 0 Å². The average Bonchev–Trinajstić information content (AvgIpc) is 2.19. The highest BCUT2D eigenvalue weighted by molar-refractivity contribution is 8.03. The van der Waals surface area contributed by atoms with Crippen molar-refractivity contribution in [3.8, 4) is 11.2 Å². The van der Waals surface area contributed by atoms with E-state index in [0.717, 1.165) is 11.8 Å². The zero-order valence-corrected chi connectivity index (χ0v) is 7.23. The summed E-state index contributed by atoms with van der Waals surface area (Å²) >= 11 is 1.23. The second-order valence-corrected chi connectivity index (χ2v) is 2.61. The highest BCUT2D eigenvalue weighted by Crippen LogP contribution is 2.01. The number of benzene rings is 1. The minimum absolute atomic E-state index is 0.236. The lowest BCUT2D eigenvalue weighted by Crippen LogP contribution is -1.80. The molecule has 0 aliphatic carbocycles. The van der Waals surface area contributed by atoms with E-state index >= 15 is 0 Å². The molecule has 0 bridgehead atoms. The van der Waals surface area contributed by atoms with Crippen LogP contribution in [0.1, 0.15) is 17.3 Å². The summed E-state index contributed by atoms with van der Waals surface area (Å²) in [5.41, 5.74) is 1.44. The number of rotatable bonds is 1. The van der Waals surface area contributed by atoms with E-state index in [1.54, 1.807) is 18.2 Å². The van der Waals surface area contributed by atoms with Crippen molar-refractivity contribution in [3.63, 3.8) is 0 Å². The molecule has 1 aromatic rings. The summed E-state index contributed by atoms with van der Waals surface area (Å²) in [6.45, 7) is 0. The first-order valence-corrected chi connectivity index (χ1v) is 4.32. The fourth-order valence-electron chi connectivity index (χ4n) is 0.785. The van der Waals surface area contributed by atoms with Crippen molar-refractivity contribution in [2.45, 2.75) is 0 Å². The second-order valence-electron chi connectivity index (χ2n) is 2.11. The molecule has 1 nitrogen and oxygen atoms in total. The minimum atomic E-state index is 0.236. The van der Waals surface area contributed by atoms with Gasteiger partial charge in [0, 0.05) is 12.5 Å². The number of thioether (sulfide) groups is 1. The van der Waals surface area contributed by atoms with Gasteiger partial charge in [0.15, 0.2) is 0 Å². The van der Waals surface area contributed by atoms with Crippen LogP contribution in [0, 0.1) is 11.2 Å². The lowest BCUT2D eigenvalue weighted by Gasteiger charge is -1.90. The van der Waals surface area contributed by atoms with E-state index in [2.05, 4.69) is 11.2 Å². The maximum atomic E-state index is 10.4. The Morgan fingerprint density at radius 3 is 3.33 bits per heavy atom. The normalized spacial score (nSPS) is 9.50. The van der Waals surface area contributed by atoms with Crippen LogP contribution in [0.2, 0.25) is 0 Å². The molecule has 2 heteroatoms. The van der Waals surface area contributed by atoms with Crippen LogP contribution in [0.15, 0.2) is 24.3 Å². The second kappa shape index (κ2) is 4.63. The number of hydrogen-bond acceptors (Lipinski definition) is 2. The minimum Gasteiger partial charge on any atom is -0.298 e. The lowest BCUT2D eigenvalue weighted by atomic mass is 10.1.